The van der Waals surface area contributed by atoms with Crippen molar-refractivity contribution in [1.29, 1.82) is 0 Å². The summed E-state index contributed by atoms with van der Waals surface area (Å²) in [6.07, 6.45) is -2.07. The molecular formula is C16H16N2O5S. The monoisotopic (exact) mass is 348 g/mol. The summed E-state index contributed by atoms with van der Waals surface area (Å²) in [4.78, 5) is 39.8. The van der Waals surface area contributed by atoms with Crippen LogP contribution in [-0.2, 0) is 14.3 Å². The average Bonchev–Trinajstić information content (AvgIpc) is 2.97. The number of thiazole rings is 1. The summed E-state index contributed by atoms with van der Waals surface area (Å²) in [6, 6.07) is 9.20. The zero-order valence-electron chi connectivity index (χ0n) is 13.4. The number of hydrogen-bond donors (Lipinski definition) is 1. The Kier molecular flexibility index (Phi) is 5.64. The lowest BCUT2D eigenvalue weighted by molar-refractivity contribution is -0.128. The first-order valence-corrected chi connectivity index (χ1v) is 7.86. The number of amides is 2. The summed E-state index contributed by atoms with van der Waals surface area (Å²) in [7, 11) is 1.13. The lowest BCUT2D eigenvalue weighted by Gasteiger charge is -2.12. The Hall–Kier alpha value is -2.74. The molecule has 126 valence electrons. The minimum Gasteiger partial charge on any atom is -0.453 e. The van der Waals surface area contributed by atoms with Crippen molar-refractivity contribution in [2.45, 2.75) is 20.0 Å². The van der Waals surface area contributed by atoms with Gasteiger partial charge in [0.05, 0.1) is 17.8 Å². The zero-order valence-corrected chi connectivity index (χ0v) is 14.2. The first kappa shape index (κ1) is 17.6. The number of imide groups is 1. The van der Waals surface area contributed by atoms with E-state index < -0.39 is 24.1 Å². The summed E-state index contributed by atoms with van der Waals surface area (Å²) in [5.41, 5.74) is 1.28. The number of aromatic nitrogens is 1. The number of methoxy groups -OCH3 is 1. The first-order chi connectivity index (χ1) is 11.4. The van der Waals surface area contributed by atoms with Crippen molar-refractivity contribution in [3.05, 3.63) is 40.2 Å². The molecule has 0 spiro atoms. The molecule has 2 rings (SSSR count). The summed E-state index contributed by atoms with van der Waals surface area (Å²) in [6.45, 7) is 3.15. The van der Waals surface area contributed by atoms with Crippen molar-refractivity contribution in [2.24, 2.45) is 0 Å². The number of ether oxygens (including phenoxy) is 2. The van der Waals surface area contributed by atoms with Gasteiger partial charge in [0.15, 0.2) is 6.10 Å². The van der Waals surface area contributed by atoms with Gasteiger partial charge in [0.1, 0.15) is 4.88 Å². The fraction of sp³-hybridized carbons (Fsp3) is 0.250. The third-order valence-electron chi connectivity index (χ3n) is 3.03. The molecule has 2 aromatic rings. The van der Waals surface area contributed by atoms with Crippen LogP contribution in [0.5, 0.6) is 0 Å². The van der Waals surface area contributed by atoms with Crippen molar-refractivity contribution in [3.63, 3.8) is 0 Å². The highest BCUT2D eigenvalue weighted by Gasteiger charge is 2.25. The quantitative estimate of drug-likeness (QED) is 0.853. The number of aryl methyl sites for hydroxylation is 1. The maximum Gasteiger partial charge on any atom is 0.413 e. The van der Waals surface area contributed by atoms with Gasteiger partial charge in [-0.05, 0) is 13.8 Å². The molecule has 1 aromatic heterocycles. The minimum absolute atomic E-state index is 0.302. The van der Waals surface area contributed by atoms with Gasteiger partial charge in [0.25, 0.3) is 5.91 Å². The third kappa shape index (κ3) is 4.17. The van der Waals surface area contributed by atoms with Crippen LogP contribution >= 0.6 is 11.3 Å². The van der Waals surface area contributed by atoms with Crippen molar-refractivity contribution < 1.29 is 23.9 Å². The molecule has 0 aliphatic rings. The topological polar surface area (TPSA) is 94.6 Å². The predicted molar refractivity (Wildman–Crippen MR) is 87.7 cm³/mol. The van der Waals surface area contributed by atoms with Crippen molar-refractivity contribution in [1.82, 2.24) is 10.3 Å². The molecule has 7 nitrogen and oxygen atoms in total. The number of esters is 1. The van der Waals surface area contributed by atoms with Crippen molar-refractivity contribution in [3.8, 4) is 11.3 Å². The van der Waals surface area contributed by atoms with Crippen LogP contribution in [0.4, 0.5) is 4.79 Å². The smallest absolute Gasteiger partial charge is 0.413 e. The van der Waals surface area contributed by atoms with Gasteiger partial charge in [-0.25, -0.2) is 14.6 Å². The van der Waals surface area contributed by atoms with Crippen LogP contribution in [-0.4, -0.2) is 36.2 Å². The van der Waals surface area contributed by atoms with Crippen molar-refractivity contribution in [2.75, 3.05) is 7.11 Å². The highest BCUT2D eigenvalue weighted by molar-refractivity contribution is 7.14. The Labute approximate surface area is 142 Å². The van der Waals surface area contributed by atoms with Gasteiger partial charge in [-0.15, -0.1) is 11.3 Å². The van der Waals surface area contributed by atoms with Crippen LogP contribution in [0.25, 0.3) is 11.3 Å². The molecule has 1 N–H and O–H groups in total. The van der Waals surface area contributed by atoms with E-state index in [1.807, 2.05) is 35.6 Å². The Morgan fingerprint density at radius 1 is 1.21 bits per heavy atom. The van der Waals surface area contributed by atoms with E-state index in [0.717, 1.165) is 12.7 Å². The third-order valence-corrected chi connectivity index (χ3v) is 3.98. The second-order valence-electron chi connectivity index (χ2n) is 4.81. The number of benzene rings is 1. The van der Waals surface area contributed by atoms with Gasteiger partial charge in [0.2, 0.25) is 0 Å². The van der Waals surface area contributed by atoms with Gasteiger partial charge in [0, 0.05) is 5.56 Å². The van der Waals surface area contributed by atoms with E-state index in [9.17, 15) is 14.4 Å². The van der Waals surface area contributed by atoms with Crippen LogP contribution in [0.1, 0.15) is 21.6 Å². The highest BCUT2D eigenvalue weighted by Crippen LogP contribution is 2.28. The lowest BCUT2D eigenvalue weighted by atomic mass is 10.1. The lowest BCUT2D eigenvalue weighted by Crippen LogP contribution is -2.39. The minimum atomic E-state index is -1.15. The molecule has 0 aliphatic carbocycles. The second kappa shape index (κ2) is 7.69. The molecule has 0 unspecified atom stereocenters. The molecule has 0 fully saturated rings. The Balaban J connectivity index is 2.16. The summed E-state index contributed by atoms with van der Waals surface area (Å²) < 4.78 is 9.45. The van der Waals surface area contributed by atoms with Gasteiger partial charge >= 0.3 is 12.1 Å². The molecule has 8 heteroatoms. The van der Waals surface area contributed by atoms with E-state index >= 15 is 0 Å². The Morgan fingerprint density at radius 2 is 1.88 bits per heavy atom. The molecule has 2 amide bonds. The Bertz CT molecular complexity index is 757. The van der Waals surface area contributed by atoms with Crippen LogP contribution in [0.2, 0.25) is 0 Å². The van der Waals surface area contributed by atoms with Crippen LogP contribution in [0.3, 0.4) is 0 Å². The van der Waals surface area contributed by atoms with E-state index in [1.165, 1.54) is 18.3 Å². The van der Waals surface area contributed by atoms with Crippen molar-refractivity contribution >= 4 is 29.3 Å². The average molecular weight is 348 g/mol. The fourth-order valence-corrected chi connectivity index (χ4v) is 2.70. The molecule has 0 saturated heterocycles. The fourth-order valence-electron chi connectivity index (χ4n) is 1.88. The van der Waals surface area contributed by atoms with E-state index in [0.29, 0.717) is 15.6 Å². The molecule has 0 radical (unpaired) electrons. The second-order valence-corrected chi connectivity index (χ2v) is 6.01. The first-order valence-electron chi connectivity index (χ1n) is 7.05. The molecule has 1 heterocycles. The largest absolute Gasteiger partial charge is 0.453 e. The Morgan fingerprint density at radius 3 is 2.50 bits per heavy atom. The number of carbonyl (C=O) groups is 3. The standard InChI is InChI=1S/C16H16N2O5S/c1-9(14(19)18-16(21)22-3)23-15(20)13-12(17-10(2)24-13)11-7-5-4-6-8-11/h4-9H,1-3H3,(H,18,19,21)/t9-/m0/s1. The number of rotatable bonds is 4. The number of nitrogens with zero attached hydrogens (tertiary/aromatic N) is 1. The maximum atomic E-state index is 12.4. The maximum absolute atomic E-state index is 12.4. The van der Waals surface area contributed by atoms with E-state index in [1.54, 1.807) is 6.92 Å². The molecular weight excluding hydrogens is 332 g/mol. The molecule has 0 aliphatic heterocycles. The summed E-state index contributed by atoms with van der Waals surface area (Å²) in [5.74, 6) is -1.44. The molecule has 0 saturated carbocycles. The van der Waals surface area contributed by atoms with E-state index in [4.69, 9.17) is 4.74 Å². The number of nitrogens with one attached hydrogen (secondary N) is 1. The zero-order chi connectivity index (χ0) is 17.7. The summed E-state index contributed by atoms with van der Waals surface area (Å²) >= 11 is 1.18. The van der Waals surface area contributed by atoms with Gasteiger partial charge in [-0.1, -0.05) is 30.3 Å². The SMILES string of the molecule is COC(=O)NC(=O)[C@H](C)OC(=O)c1sc(C)nc1-c1ccccc1. The van der Waals surface area contributed by atoms with Gasteiger partial charge < -0.3 is 9.47 Å². The van der Waals surface area contributed by atoms with Gasteiger partial charge in [-0.3, -0.25) is 10.1 Å². The molecule has 1 aromatic carbocycles. The normalized spacial score (nSPS) is 11.5. The van der Waals surface area contributed by atoms with Crippen LogP contribution in [0.15, 0.2) is 30.3 Å². The molecule has 1 atom stereocenters. The van der Waals surface area contributed by atoms with Crippen LogP contribution < -0.4 is 5.32 Å². The molecule has 24 heavy (non-hydrogen) atoms. The highest BCUT2D eigenvalue weighted by atomic mass is 32.1. The van der Waals surface area contributed by atoms with E-state index in [2.05, 4.69) is 9.72 Å². The molecule has 0 bridgehead atoms. The predicted octanol–water partition coefficient (Wildman–Crippen LogP) is 2.55. The number of alkyl carbamates (subject to hydrolysis) is 1. The van der Waals surface area contributed by atoms with Gasteiger partial charge in [-0.2, -0.15) is 0 Å². The van der Waals surface area contributed by atoms with E-state index in [-0.39, 0.29) is 0 Å². The number of hydrogen-bond acceptors (Lipinski definition) is 7. The number of carbonyl (C=O) groups excluding carboxylic acids is 3. The van der Waals surface area contributed by atoms with Crippen LogP contribution in [0, 0.1) is 6.92 Å². The summed E-state index contributed by atoms with van der Waals surface area (Å²) in [5, 5.41) is 2.65.